The fourth-order valence-electron chi connectivity index (χ4n) is 2.82. The minimum Gasteiger partial charge on any atom is -0.330 e. The molecule has 4 nitrogen and oxygen atoms in total. The maximum Gasteiger partial charge on any atom is 0.208 e. The summed E-state index contributed by atoms with van der Waals surface area (Å²) < 4.78 is 24.7. The van der Waals surface area contributed by atoms with Crippen LogP contribution in [0.4, 0.5) is 0 Å². The van der Waals surface area contributed by atoms with E-state index in [0.29, 0.717) is 19.0 Å². The van der Waals surface area contributed by atoms with Crippen LogP contribution in [0.15, 0.2) is 0 Å². The Kier molecular flexibility index (Phi) is 4.98. The molecule has 0 aromatic heterocycles. The van der Waals surface area contributed by atoms with E-state index >= 15 is 0 Å². The molecule has 0 aliphatic heterocycles. The van der Waals surface area contributed by atoms with Crippen LogP contribution in [-0.2, 0) is 10.0 Å². The third-order valence-corrected chi connectivity index (χ3v) is 5.04. The monoisotopic (exact) mass is 262 g/mol. The van der Waals surface area contributed by atoms with E-state index in [2.05, 4.69) is 18.6 Å². The maximum absolute atomic E-state index is 11.0. The first-order valence-corrected chi connectivity index (χ1v) is 8.32. The number of sulfonamides is 1. The zero-order valence-corrected chi connectivity index (χ0v) is 12.0. The molecule has 1 aliphatic rings. The normalized spacial score (nSPS) is 34.8. The summed E-state index contributed by atoms with van der Waals surface area (Å²) in [6, 6.07) is 0. The molecule has 17 heavy (non-hydrogen) atoms. The second-order valence-corrected chi connectivity index (χ2v) is 7.65. The number of nitrogens with two attached hydrogens (primary N) is 1. The summed E-state index contributed by atoms with van der Waals surface area (Å²) in [4.78, 5) is 0. The van der Waals surface area contributed by atoms with Gasteiger partial charge in [-0.3, -0.25) is 0 Å². The number of hydrogen-bond acceptors (Lipinski definition) is 3. The molecule has 3 unspecified atom stereocenters. The van der Waals surface area contributed by atoms with Crippen molar-refractivity contribution < 1.29 is 8.42 Å². The molecule has 0 heterocycles. The summed E-state index contributed by atoms with van der Waals surface area (Å²) in [6.45, 7) is 5.74. The number of rotatable bonds is 5. The van der Waals surface area contributed by atoms with Crippen molar-refractivity contribution in [3.8, 4) is 0 Å². The van der Waals surface area contributed by atoms with Crippen molar-refractivity contribution >= 4 is 10.0 Å². The van der Waals surface area contributed by atoms with Crippen LogP contribution >= 0.6 is 0 Å². The average Bonchev–Trinajstić information content (AvgIpc) is 2.22. The van der Waals surface area contributed by atoms with Crippen LogP contribution in [-0.4, -0.2) is 27.8 Å². The van der Waals surface area contributed by atoms with Gasteiger partial charge in [0.2, 0.25) is 10.0 Å². The Labute approximate surface area is 105 Å². The lowest BCUT2D eigenvalue weighted by atomic mass is 9.65. The van der Waals surface area contributed by atoms with Crippen molar-refractivity contribution in [1.29, 1.82) is 0 Å². The fourth-order valence-corrected chi connectivity index (χ4v) is 3.29. The smallest absolute Gasteiger partial charge is 0.208 e. The minimum absolute atomic E-state index is 0.142. The lowest BCUT2D eigenvalue weighted by Crippen LogP contribution is -2.40. The van der Waals surface area contributed by atoms with Crippen molar-refractivity contribution in [3.63, 3.8) is 0 Å². The van der Waals surface area contributed by atoms with E-state index in [1.165, 1.54) is 12.7 Å². The Balaban J connectivity index is 2.52. The standard InChI is InChI=1S/C12H26N2O2S/c1-10-4-5-12(9-13,8-11(10)2)6-7-14-17(3,15)16/h10-11,14H,4-9,13H2,1-3H3. The Morgan fingerprint density at radius 2 is 2.00 bits per heavy atom. The van der Waals surface area contributed by atoms with Gasteiger partial charge in [-0.25, -0.2) is 13.1 Å². The third kappa shape index (κ3) is 4.56. The minimum atomic E-state index is -3.08. The van der Waals surface area contributed by atoms with Crippen LogP contribution in [0.2, 0.25) is 0 Å². The van der Waals surface area contributed by atoms with Crippen molar-refractivity contribution in [2.75, 3.05) is 19.3 Å². The van der Waals surface area contributed by atoms with Crippen molar-refractivity contribution in [1.82, 2.24) is 4.72 Å². The molecule has 102 valence electrons. The predicted molar refractivity (Wildman–Crippen MR) is 71.1 cm³/mol. The highest BCUT2D eigenvalue weighted by atomic mass is 32.2. The van der Waals surface area contributed by atoms with Crippen molar-refractivity contribution in [2.45, 2.75) is 39.5 Å². The highest BCUT2D eigenvalue weighted by Crippen LogP contribution is 2.43. The van der Waals surface area contributed by atoms with E-state index in [9.17, 15) is 8.42 Å². The molecule has 0 aromatic rings. The SMILES string of the molecule is CC1CCC(CN)(CCNS(C)(=O)=O)CC1C. The summed E-state index contributed by atoms with van der Waals surface area (Å²) in [6.07, 6.45) is 5.51. The van der Waals surface area contributed by atoms with Gasteiger partial charge in [-0.15, -0.1) is 0 Å². The van der Waals surface area contributed by atoms with Gasteiger partial charge in [-0.2, -0.15) is 0 Å². The first-order chi connectivity index (χ1) is 7.78. The lowest BCUT2D eigenvalue weighted by molar-refractivity contribution is 0.103. The summed E-state index contributed by atoms with van der Waals surface area (Å²) >= 11 is 0. The first-order valence-electron chi connectivity index (χ1n) is 6.43. The zero-order chi connectivity index (χ0) is 13.1. The average molecular weight is 262 g/mol. The van der Waals surface area contributed by atoms with Crippen LogP contribution in [0.3, 0.4) is 0 Å². The summed E-state index contributed by atoms with van der Waals surface area (Å²) in [5.41, 5.74) is 6.06. The van der Waals surface area contributed by atoms with Crippen LogP contribution in [0.25, 0.3) is 0 Å². The van der Waals surface area contributed by atoms with E-state index in [1.807, 2.05) is 0 Å². The summed E-state index contributed by atoms with van der Waals surface area (Å²) in [5, 5.41) is 0. The van der Waals surface area contributed by atoms with Crippen LogP contribution < -0.4 is 10.5 Å². The topological polar surface area (TPSA) is 72.2 Å². The third-order valence-electron chi connectivity index (χ3n) is 4.31. The zero-order valence-electron chi connectivity index (χ0n) is 11.2. The van der Waals surface area contributed by atoms with Gasteiger partial charge < -0.3 is 5.73 Å². The van der Waals surface area contributed by atoms with Gasteiger partial charge in [0.1, 0.15) is 0 Å². The van der Waals surface area contributed by atoms with Gasteiger partial charge in [0.05, 0.1) is 6.26 Å². The molecule has 3 N–H and O–H groups in total. The molecule has 0 saturated heterocycles. The number of nitrogens with one attached hydrogen (secondary N) is 1. The van der Waals surface area contributed by atoms with E-state index in [0.717, 1.165) is 25.2 Å². The molecule has 1 rings (SSSR count). The second kappa shape index (κ2) is 5.67. The molecule has 0 bridgehead atoms. The lowest BCUT2D eigenvalue weighted by Gasteiger charge is -2.42. The molecule has 3 atom stereocenters. The first kappa shape index (κ1) is 14.9. The molecule has 1 aliphatic carbocycles. The molecule has 0 spiro atoms. The summed E-state index contributed by atoms with van der Waals surface area (Å²) in [5.74, 6) is 1.45. The molecular weight excluding hydrogens is 236 g/mol. The van der Waals surface area contributed by atoms with Gasteiger partial charge >= 0.3 is 0 Å². The Morgan fingerprint density at radius 1 is 1.35 bits per heavy atom. The van der Waals surface area contributed by atoms with E-state index in [-0.39, 0.29) is 5.41 Å². The highest BCUT2D eigenvalue weighted by molar-refractivity contribution is 7.88. The molecule has 5 heteroatoms. The van der Waals surface area contributed by atoms with Crippen molar-refractivity contribution in [2.24, 2.45) is 23.0 Å². The molecular formula is C12H26N2O2S. The van der Waals surface area contributed by atoms with Crippen LogP contribution in [0, 0.1) is 17.3 Å². The van der Waals surface area contributed by atoms with Crippen LogP contribution in [0.5, 0.6) is 0 Å². The van der Waals surface area contributed by atoms with E-state index in [4.69, 9.17) is 5.73 Å². The Morgan fingerprint density at radius 3 is 2.47 bits per heavy atom. The van der Waals surface area contributed by atoms with Crippen LogP contribution in [0.1, 0.15) is 39.5 Å². The van der Waals surface area contributed by atoms with E-state index < -0.39 is 10.0 Å². The van der Waals surface area contributed by atoms with E-state index in [1.54, 1.807) is 0 Å². The van der Waals surface area contributed by atoms with Crippen molar-refractivity contribution in [3.05, 3.63) is 0 Å². The Hall–Kier alpha value is -0.130. The predicted octanol–water partition coefficient (Wildman–Crippen LogP) is 1.33. The fraction of sp³-hybridized carbons (Fsp3) is 1.00. The molecule has 0 aromatic carbocycles. The van der Waals surface area contributed by atoms with Gasteiger partial charge in [0.15, 0.2) is 0 Å². The van der Waals surface area contributed by atoms with Gasteiger partial charge in [-0.05, 0) is 49.5 Å². The maximum atomic E-state index is 11.0. The molecule has 1 fully saturated rings. The van der Waals surface area contributed by atoms with Gasteiger partial charge in [-0.1, -0.05) is 13.8 Å². The quantitative estimate of drug-likeness (QED) is 0.785. The Bertz CT molecular complexity index is 342. The summed E-state index contributed by atoms with van der Waals surface area (Å²) in [7, 11) is -3.08. The molecule has 0 amide bonds. The molecule has 1 saturated carbocycles. The highest BCUT2D eigenvalue weighted by Gasteiger charge is 2.36. The largest absolute Gasteiger partial charge is 0.330 e. The second-order valence-electron chi connectivity index (χ2n) is 5.82. The van der Waals surface area contributed by atoms with Gasteiger partial charge in [0.25, 0.3) is 0 Å². The van der Waals surface area contributed by atoms with Gasteiger partial charge in [0, 0.05) is 6.54 Å². The number of hydrogen-bond donors (Lipinski definition) is 2. The molecule has 0 radical (unpaired) electrons.